The van der Waals surface area contributed by atoms with Gasteiger partial charge in [-0.3, -0.25) is 14.5 Å². The van der Waals surface area contributed by atoms with Crippen LogP contribution in [0.15, 0.2) is 42.5 Å². The first-order chi connectivity index (χ1) is 14.8. The summed E-state index contributed by atoms with van der Waals surface area (Å²) in [6.45, 7) is 6.16. The zero-order chi connectivity index (χ0) is 22.5. The number of alkyl halides is 1. The fraction of sp³-hybridized carbons (Fsp3) is 0.440. The molecule has 1 saturated carbocycles. The van der Waals surface area contributed by atoms with Crippen LogP contribution in [0.3, 0.4) is 0 Å². The Morgan fingerprint density at radius 1 is 1.10 bits per heavy atom. The topological polar surface area (TPSA) is 49.4 Å². The molecule has 3 atom stereocenters. The van der Waals surface area contributed by atoms with Crippen molar-refractivity contribution < 1.29 is 9.59 Å². The molecular weight excluding hydrogens is 431 g/mol. The number of aryl methyl sites for hydroxylation is 2. The predicted molar refractivity (Wildman–Crippen MR) is 128 cm³/mol. The lowest BCUT2D eigenvalue weighted by Crippen LogP contribution is -2.49. The molecule has 1 aliphatic rings. The average molecular weight is 461 g/mol. The average Bonchev–Trinajstić information content (AvgIpc) is 2.76. The molecule has 4 nitrogen and oxygen atoms in total. The summed E-state index contributed by atoms with van der Waals surface area (Å²) < 4.78 is 0. The Bertz CT molecular complexity index is 947. The van der Waals surface area contributed by atoms with Crippen LogP contribution in [0.25, 0.3) is 0 Å². The van der Waals surface area contributed by atoms with Gasteiger partial charge in [-0.15, -0.1) is 11.6 Å². The molecular formula is C25H30Cl2N2O2. The van der Waals surface area contributed by atoms with Gasteiger partial charge in [-0.2, -0.15) is 0 Å². The number of hydrogen-bond acceptors (Lipinski definition) is 2. The van der Waals surface area contributed by atoms with Crippen molar-refractivity contribution in [2.75, 3.05) is 10.8 Å². The molecule has 2 aromatic carbocycles. The molecule has 1 N–H and O–H groups in total. The molecule has 0 saturated heterocycles. The zero-order valence-electron chi connectivity index (χ0n) is 18.3. The van der Waals surface area contributed by atoms with Crippen LogP contribution >= 0.6 is 23.2 Å². The molecule has 0 heterocycles. The maximum atomic E-state index is 13.7. The van der Waals surface area contributed by atoms with Gasteiger partial charge in [0.05, 0.1) is 0 Å². The monoisotopic (exact) mass is 460 g/mol. The summed E-state index contributed by atoms with van der Waals surface area (Å²) in [6, 6.07) is 12.1. The molecule has 2 aromatic rings. The van der Waals surface area contributed by atoms with Gasteiger partial charge < -0.3 is 5.32 Å². The van der Waals surface area contributed by atoms with Gasteiger partial charge in [-0.25, -0.2) is 0 Å². The lowest BCUT2D eigenvalue weighted by Gasteiger charge is -2.35. The summed E-state index contributed by atoms with van der Waals surface area (Å²) in [5, 5.41) is 3.66. The minimum absolute atomic E-state index is 0.0824. The van der Waals surface area contributed by atoms with Gasteiger partial charge in [0, 0.05) is 22.3 Å². The molecule has 3 rings (SSSR count). The zero-order valence-corrected chi connectivity index (χ0v) is 19.8. The second kappa shape index (κ2) is 10.5. The van der Waals surface area contributed by atoms with Gasteiger partial charge in [-0.05, 0) is 61.9 Å². The van der Waals surface area contributed by atoms with E-state index in [2.05, 4.69) is 12.2 Å². The molecule has 0 spiro atoms. The Balaban J connectivity index is 2.07. The fourth-order valence-corrected chi connectivity index (χ4v) is 4.63. The molecule has 166 valence electrons. The number of nitrogens with zero attached hydrogens (tertiary/aromatic N) is 1. The summed E-state index contributed by atoms with van der Waals surface area (Å²) in [6.07, 6.45) is 4.30. The Morgan fingerprint density at radius 2 is 1.81 bits per heavy atom. The van der Waals surface area contributed by atoms with Crippen LogP contribution in [0, 0.1) is 19.8 Å². The highest BCUT2D eigenvalue weighted by molar-refractivity contribution is 6.32. The van der Waals surface area contributed by atoms with E-state index >= 15 is 0 Å². The van der Waals surface area contributed by atoms with Crippen LogP contribution in [0.5, 0.6) is 0 Å². The van der Waals surface area contributed by atoms with Gasteiger partial charge in [-0.1, -0.05) is 55.6 Å². The number of anilines is 1. The Morgan fingerprint density at radius 3 is 2.45 bits per heavy atom. The van der Waals surface area contributed by atoms with Crippen molar-refractivity contribution >= 4 is 40.7 Å². The second-order valence-electron chi connectivity index (χ2n) is 8.47. The SMILES string of the molecule is Cc1ccc(N(C(=O)CCl)[C@H](C(=O)N[C@@H]2CCCC[C@@H]2C)c2ccccc2Cl)cc1C. The number of carbonyl (C=O) groups is 2. The van der Waals surface area contributed by atoms with Crippen LogP contribution in [-0.4, -0.2) is 23.7 Å². The van der Waals surface area contributed by atoms with Crippen LogP contribution in [0.4, 0.5) is 5.69 Å². The van der Waals surface area contributed by atoms with E-state index in [1.165, 1.54) is 11.3 Å². The first kappa shape index (κ1) is 23.6. The number of nitrogens with one attached hydrogen (secondary N) is 1. The van der Waals surface area contributed by atoms with Gasteiger partial charge in [0.2, 0.25) is 11.8 Å². The Kier molecular flexibility index (Phi) is 8.01. The van der Waals surface area contributed by atoms with E-state index in [1.54, 1.807) is 12.1 Å². The molecule has 0 bridgehead atoms. The third-order valence-electron chi connectivity index (χ3n) is 6.30. The van der Waals surface area contributed by atoms with E-state index in [4.69, 9.17) is 23.2 Å². The number of amides is 2. The summed E-state index contributed by atoms with van der Waals surface area (Å²) in [5.41, 5.74) is 3.35. The maximum Gasteiger partial charge on any atom is 0.248 e. The molecule has 0 aliphatic heterocycles. The van der Waals surface area contributed by atoms with Gasteiger partial charge in [0.25, 0.3) is 0 Å². The van der Waals surface area contributed by atoms with Crippen molar-refractivity contribution in [1.29, 1.82) is 0 Å². The fourth-order valence-electron chi connectivity index (χ4n) is 4.26. The predicted octanol–water partition coefficient (Wildman–Crippen LogP) is 5.96. The highest BCUT2D eigenvalue weighted by Crippen LogP contribution is 2.34. The van der Waals surface area contributed by atoms with E-state index in [9.17, 15) is 9.59 Å². The maximum absolute atomic E-state index is 13.7. The highest BCUT2D eigenvalue weighted by Gasteiger charge is 2.35. The lowest BCUT2D eigenvalue weighted by atomic mass is 9.85. The van der Waals surface area contributed by atoms with E-state index in [1.807, 2.05) is 44.2 Å². The van der Waals surface area contributed by atoms with Crippen molar-refractivity contribution in [3.63, 3.8) is 0 Å². The molecule has 2 amide bonds. The van der Waals surface area contributed by atoms with Gasteiger partial charge in [0.15, 0.2) is 0 Å². The summed E-state index contributed by atoms with van der Waals surface area (Å²) >= 11 is 12.5. The summed E-state index contributed by atoms with van der Waals surface area (Å²) in [7, 11) is 0. The lowest BCUT2D eigenvalue weighted by molar-refractivity contribution is -0.126. The van der Waals surface area contributed by atoms with Gasteiger partial charge >= 0.3 is 0 Å². The first-order valence-corrected chi connectivity index (χ1v) is 11.7. The largest absolute Gasteiger partial charge is 0.351 e. The Labute approximate surface area is 194 Å². The smallest absolute Gasteiger partial charge is 0.248 e. The Hall–Kier alpha value is -2.04. The van der Waals surface area contributed by atoms with Gasteiger partial charge in [0.1, 0.15) is 11.9 Å². The molecule has 0 radical (unpaired) electrons. The third kappa shape index (κ3) is 5.42. The van der Waals surface area contributed by atoms with Crippen LogP contribution in [0.2, 0.25) is 5.02 Å². The van der Waals surface area contributed by atoms with Crippen LogP contribution < -0.4 is 10.2 Å². The first-order valence-electron chi connectivity index (χ1n) is 10.8. The van der Waals surface area contributed by atoms with Crippen molar-refractivity contribution in [3.05, 3.63) is 64.2 Å². The number of hydrogen-bond donors (Lipinski definition) is 1. The summed E-state index contributed by atoms with van der Waals surface area (Å²) in [4.78, 5) is 28.2. The van der Waals surface area contributed by atoms with E-state index in [0.29, 0.717) is 22.2 Å². The van der Waals surface area contributed by atoms with E-state index < -0.39 is 6.04 Å². The van der Waals surface area contributed by atoms with Crippen molar-refractivity contribution in [2.45, 2.75) is 58.5 Å². The standard InChI is InChI=1S/C25H30Cl2N2O2/c1-16-12-13-19(14-18(16)3)29(23(30)15-26)24(20-9-5-6-10-21(20)27)25(31)28-22-11-7-4-8-17(22)2/h5-6,9-10,12-14,17,22,24H,4,7-8,11,15H2,1-3H3,(H,28,31)/t17-,22+,24-/m0/s1. The summed E-state index contributed by atoms with van der Waals surface area (Å²) in [5.74, 6) is -0.422. The normalized spacial score (nSPS) is 19.5. The van der Waals surface area contributed by atoms with Crippen LogP contribution in [-0.2, 0) is 9.59 Å². The second-order valence-corrected chi connectivity index (χ2v) is 9.14. The van der Waals surface area contributed by atoms with Crippen LogP contribution in [0.1, 0.15) is 55.3 Å². The molecule has 1 fully saturated rings. The molecule has 1 aliphatic carbocycles. The van der Waals surface area contributed by atoms with E-state index in [0.717, 1.165) is 30.4 Å². The minimum atomic E-state index is -0.906. The van der Waals surface area contributed by atoms with Crippen molar-refractivity contribution in [3.8, 4) is 0 Å². The van der Waals surface area contributed by atoms with E-state index in [-0.39, 0.29) is 23.7 Å². The number of carbonyl (C=O) groups excluding carboxylic acids is 2. The molecule has 0 unspecified atom stereocenters. The molecule has 6 heteroatoms. The highest BCUT2D eigenvalue weighted by atomic mass is 35.5. The number of benzene rings is 2. The quantitative estimate of drug-likeness (QED) is 0.540. The molecule has 31 heavy (non-hydrogen) atoms. The van der Waals surface area contributed by atoms with Crippen molar-refractivity contribution in [1.82, 2.24) is 5.32 Å². The molecule has 0 aromatic heterocycles. The van der Waals surface area contributed by atoms with Crippen molar-refractivity contribution in [2.24, 2.45) is 5.92 Å². The number of rotatable bonds is 6. The number of halogens is 2. The third-order valence-corrected chi connectivity index (χ3v) is 6.87. The minimum Gasteiger partial charge on any atom is -0.351 e.